The van der Waals surface area contributed by atoms with E-state index in [-0.39, 0.29) is 24.0 Å². The number of aliphatic imine (C=N–C) groups is 1. The Morgan fingerprint density at radius 2 is 2.00 bits per heavy atom. The summed E-state index contributed by atoms with van der Waals surface area (Å²) in [5.74, 6) is 4.57. The average molecular weight is 521 g/mol. The van der Waals surface area contributed by atoms with Crippen molar-refractivity contribution in [2.75, 3.05) is 18.6 Å². The van der Waals surface area contributed by atoms with Gasteiger partial charge in [0.15, 0.2) is 11.8 Å². The van der Waals surface area contributed by atoms with Crippen LogP contribution in [-0.2, 0) is 33.0 Å². The van der Waals surface area contributed by atoms with Gasteiger partial charge in [-0.1, -0.05) is 19.0 Å². The van der Waals surface area contributed by atoms with Crippen LogP contribution < -0.4 is 10.6 Å². The van der Waals surface area contributed by atoms with Gasteiger partial charge in [-0.2, -0.15) is 11.8 Å². The molecule has 2 aromatic heterocycles. The minimum absolute atomic E-state index is 0. The molecule has 2 rings (SSSR count). The Morgan fingerprint density at radius 3 is 2.61 bits per heavy atom. The number of nitrogens with one attached hydrogen (secondary N) is 2. The topological polar surface area (TPSA) is 93.2 Å². The van der Waals surface area contributed by atoms with E-state index in [0.717, 1.165) is 66.2 Å². The zero-order valence-corrected chi connectivity index (χ0v) is 20.6. The monoisotopic (exact) mass is 521 g/mol. The molecule has 0 aliphatic heterocycles. The van der Waals surface area contributed by atoms with Crippen LogP contribution in [0.5, 0.6) is 0 Å². The molecule has 2 N–H and O–H groups in total. The Bertz CT molecular complexity index is 723. The van der Waals surface area contributed by atoms with Gasteiger partial charge in [-0.3, -0.25) is 0 Å². The molecule has 8 nitrogen and oxygen atoms in total. The lowest BCUT2D eigenvalue weighted by Crippen LogP contribution is -2.38. The average Bonchev–Trinajstić information content (AvgIpc) is 3.23. The maximum Gasteiger partial charge on any atom is 0.191 e. The molecular weight excluding hydrogens is 489 g/mol. The zero-order valence-electron chi connectivity index (χ0n) is 17.4. The van der Waals surface area contributed by atoms with Crippen LogP contribution in [0.2, 0.25) is 0 Å². The van der Waals surface area contributed by atoms with Crippen molar-refractivity contribution in [3.8, 4) is 0 Å². The highest BCUT2D eigenvalue weighted by Crippen LogP contribution is 2.16. The minimum Gasteiger partial charge on any atom is -0.361 e. The molecule has 10 heteroatoms. The molecule has 0 aliphatic rings. The smallest absolute Gasteiger partial charge is 0.191 e. The first-order chi connectivity index (χ1) is 13.1. The lowest BCUT2D eigenvalue weighted by atomic mass is 10.1. The van der Waals surface area contributed by atoms with Crippen LogP contribution in [0.1, 0.15) is 48.9 Å². The van der Waals surface area contributed by atoms with Gasteiger partial charge in [-0.15, -0.1) is 34.2 Å². The molecule has 0 radical (unpaired) electrons. The summed E-state index contributed by atoms with van der Waals surface area (Å²) in [7, 11) is 1.97. The largest absolute Gasteiger partial charge is 0.361 e. The van der Waals surface area contributed by atoms with Crippen LogP contribution in [0.15, 0.2) is 9.52 Å². The van der Waals surface area contributed by atoms with Gasteiger partial charge in [-0.25, -0.2) is 4.99 Å². The van der Waals surface area contributed by atoms with Crippen molar-refractivity contribution in [1.82, 2.24) is 30.6 Å². The van der Waals surface area contributed by atoms with E-state index in [1.807, 2.05) is 30.3 Å². The summed E-state index contributed by atoms with van der Waals surface area (Å²) in [6.07, 6.45) is 4.86. The Hall–Kier alpha value is -1.30. The minimum atomic E-state index is 0. The van der Waals surface area contributed by atoms with E-state index in [2.05, 4.69) is 46.1 Å². The van der Waals surface area contributed by atoms with Crippen LogP contribution in [0.4, 0.5) is 0 Å². The van der Waals surface area contributed by atoms with E-state index in [4.69, 9.17) is 9.52 Å². The third kappa shape index (κ3) is 6.94. The fraction of sp³-hybridized carbons (Fsp3) is 0.667. The Balaban J connectivity index is 0.00000392. The zero-order chi connectivity index (χ0) is 19.6. The second kappa shape index (κ2) is 13.0. The first-order valence-electron chi connectivity index (χ1n) is 9.42. The summed E-state index contributed by atoms with van der Waals surface area (Å²) >= 11 is 1.85. The first kappa shape index (κ1) is 24.7. The number of rotatable bonds is 10. The van der Waals surface area contributed by atoms with Crippen LogP contribution >= 0.6 is 35.7 Å². The van der Waals surface area contributed by atoms with Gasteiger partial charge in [0.25, 0.3) is 0 Å². The summed E-state index contributed by atoms with van der Waals surface area (Å²) in [5.41, 5.74) is 2.08. The normalized spacial score (nSPS) is 11.4. The fourth-order valence-electron chi connectivity index (χ4n) is 2.64. The Kier molecular flexibility index (Phi) is 11.5. The molecule has 0 fully saturated rings. The van der Waals surface area contributed by atoms with Crippen LogP contribution in [-0.4, -0.2) is 44.4 Å². The van der Waals surface area contributed by atoms with Crippen LogP contribution in [0.25, 0.3) is 0 Å². The highest BCUT2D eigenvalue weighted by Gasteiger charge is 2.13. The van der Waals surface area contributed by atoms with E-state index >= 15 is 0 Å². The van der Waals surface area contributed by atoms with E-state index < -0.39 is 0 Å². The number of thioether (sulfide) groups is 1. The second-order valence-corrected chi connectivity index (χ2v) is 7.24. The number of hydrogen-bond acceptors (Lipinski definition) is 6. The summed E-state index contributed by atoms with van der Waals surface area (Å²) in [6.45, 7) is 8.08. The molecule has 0 aromatic carbocycles. The molecule has 0 saturated carbocycles. The van der Waals surface area contributed by atoms with E-state index in [0.29, 0.717) is 13.1 Å². The molecular formula is C18H32IN7OS. The number of aromatic nitrogens is 4. The molecule has 158 valence electrons. The Labute approximate surface area is 188 Å². The SMILES string of the molecule is CCc1noc(CC)c1CN=C(NCCCSC)NCc1nnc(C)n1C.I. The molecule has 0 amide bonds. The maximum absolute atomic E-state index is 5.44. The molecule has 0 aliphatic carbocycles. The standard InChI is InChI=1S/C18H31N7OS.HI/c1-6-15-14(16(7-2)26-24-15)11-20-18(19-9-8-10-27-5)21-12-17-23-22-13(3)25(17)4;/h6-12H2,1-5H3,(H2,19,20,21);1H. The quantitative estimate of drug-likeness (QED) is 0.215. The van der Waals surface area contributed by atoms with Crippen molar-refractivity contribution in [3.63, 3.8) is 0 Å². The highest BCUT2D eigenvalue weighted by atomic mass is 127. The van der Waals surface area contributed by atoms with Gasteiger partial charge < -0.3 is 19.7 Å². The number of hydrogen-bond donors (Lipinski definition) is 2. The summed E-state index contributed by atoms with van der Waals surface area (Å²) in [6, 6.07) is 0. The highest BCUT2D eigenvalue weighted by molar-refractivity contribution is 14.0. The van der Waals surface area contributed by atoms with E-state index in [9.17, 15) is 0 Å². The molecule has 0 atom stereocenters. The third-order valence-corrected chi connectivity index (χ3v) is 5.11. The van der Waals surface area contributed by atoms with Crippen molar-refractivity contribution in [3.05, 3.63) is 28.7 Å². The van der Waals surface area contributed by atoms with Crippen molar-refractivity contribution >= 4 is 41.7 Å². The van der Waals surface area contributed by atoms with Crippen molar-refractivity contribution in [2.24, 2.45) is 12.0 Å². The van der Waals surface area contributed by atoms with Gasteiger partial charge in [0.1, 0.15) is 11.6 Å². The van der Waals surface area contributed by atoms with Gasteiger partial charge in [-0.05, 0) is 31.8 Å². The lowest BCUT2D eigenvalue weighted by Gasteiger charge is -2.12. The maximum atomic E-state index is 5.44. The number of nitrogens with zero attached hydrogens (tertiary/aromatic N) is 5. The summed E-state index contributed by atoms with van der Waals surface area (Å²) in [5, 5.41) is 19.2. The van der Waals surface area contributed by atoms with Crippen molar-refractivity contribution < 1.29 is 4.52 Å². The third-order valence-electron chi connectivity index (χ3n) is 4.42. The van der Waals surface area contributed by atoms with Gasteiger partial charge in [0, 0.05) is 25.6 Å². The molecule has 0 spiro atoms. The molecule has 2 aromatic rings. The predicted molar refractivity (Wildman–Crippen MR) is 125 cm³/mol. The Morgan fingerprint density at radius 1 is 1.21 bits per heavy atom. The number of guanidine groups is 1. The van der Waals surface area contributed by atoms with Gasteiger partial charge in [0.05, 0.1) is 18.8 Å². The summed E-state index contributed by atoms with van der Waals surface area (Å²) < 4.78 is 7.42. The molecule has 0 saturated heterocycles. The fourth-order valence-corrected chi connectivity index (χ4v) is 3.07. The van der Waals surface area contributed by atoms with Crippen LogP contribution in [0, 0.1) is 6.92 Å². The van der Waals surface area contributed by atoms with E-state index in [1.54, 1.807) is 0 Å². The van der Waals surface area contributed by atoms with Gasteiger partial charge >= 0.3 is 0 Å². The van der Waals surface area contributed by atoms with E-state index in [1.165, 1.54) is 0 Å². The van der Waals surface area contributed by atoms with Crippen molar-refractivity contribution in [1.29, 1.82) is 0 Å². The lowest BCUT2D eigenvalue weighted by molar-refractivity contribution is 0.380. The first-order valence-corrected chi connectivity index (χ1v) is 10.8. The summed E-state index contributed by atoms with van der Waals surface area (Å²) in [4.78, 5) is 4.76. The number of halogens is 1. The van der Waals surface area contributed by atoms with Crippen LogP contribution in [0.3, 0.4) is 0 Å². The molecule has 0 unspecified atom stereocenters. The predicted octanol–water partition coefficient (Wildman–Crippen LogP) is 2.84. The molecule has 28 heavy (non-hydrogen) atoms. The number of aryl methyl sites for hydroxylation is 3. The molecule has 0 bridgehead atoms. The second-order valence-electron chi connectivity index (χ2n) is 6.25. The molecule has 2 heterocycles. The van der Waals surface area contributed by atoms with Crippen molar-refractivity contribution in [2.45, 2.75) is 53.1 Å². The van der Waals surface area contributed by atoms with Gasteiger partial charge in [0.2, 0.25) is 0 Å².